The van der Waals surface area contributed by atoms with E-state index < -0.39 is 35.1 Å². The predicted octanol–water partition coefficient (Wildman–Crippen LogP) is 4.00. The minimum atomic E-state index is -1.63. The molecule has 0 radical (unpaired) electrons. The maximum Gasteiger partial charge on any atom is 0.194 e. The first-order valence-electron chi connectivity index (χ1n) is 6.13. The van der Waals surface area contributed by atoms with Gasteiger partial charge >= 0.3 is 0 Å². The Bertz CT molecular complexity index is 682. The molecule has 0 bridgehead atoms. The van der Waals surface area contributed by atoms with E-state index in [1.807, 2.05) is 0 Å². The minimum absolute atomic E-state index is 0.0543. The smallest absolute Gasteiger partial charge is 0.194 e. The predicted molar refractivity (Wildman–Crippen MR) is 68.3 cm³/mol. The first kappa shape index (κ1) is 15.4. The summed E-state index contributed by atoms with van der Waals surface area (Å²) in [5.74, 6) is -6.01. The molecule has 21 heavy (non-hydrogen) atoms. The van der Waals surface area contributed by atoms with Crippen molar-refractivity contribution >= 4 is 0 Å². The van der Waals surface area contributed by atoms with Gasteiger partial charge in [-0.05, 0) is 31.7 Å². The molecule has 0 aromatic heterocycles. The van der Waals surface area contributed by atoms with Crippen molar-refractivity contribution in [2.75, 3.05) is 7.05 Å². The highest BCUT2D eigenvalue weighted by Crippen LogP contribution is 2.29. The summed E-state index contributed by atoms with van der Waals surface area (Å²) in [6, 6.07) is 2.58. The molecular formula is C15H12F5N. The van der Waals surface area contributed by atoms with Gasteiger partial charge in [-0.15, -0.1) is 0 Å². The van der Waals surface area contributed by atoms with Gasteiger partial charge in [-0.3, -0.25) is 0 Å². The zero-order valence-electron chi connectivity index (χ0n) is 11.3. The van der Waals surface area contributed by atoms with Crippen LogP contribution in [-0.2, 0) is 0 Å². The molecule has 6 heteroatoms. The van der Waals surface area contributed by atoms with Gasteiger partial charge in [-0.25, -0.2) is 22.0 Å². The van der Waals surface area contributed by atoms with Crippen molar-refractivity contribution < 1.29 is 22.0 Å². The Morgan fingerprint density at radius 1 is 0.810 bits per heavy atom. The molecule has 0 spiro atoms. The Morgan fingerprint density at radius 3 is 2.10 bits per heavy atom. The van der Waals surface area contributed by atoms with Gasteiger partial charge in [0.1, 0.15) is 11.6 Å². The normalized spacial score (nSPS) is 12.5. The molecule has 1 N–H and O–H groups in total. The number of hydrogen-bond donors (Lipinski definition) is 1. The maximum atomic E-state index is 13.9. The molecule has 0 saturated heterocycles. The molecule has 0 fully saturated rings. The fraction of sp³-hybridized carbons (Fsp3) is 0.200. The van der Waals surface area contributed by atoms with Gasteiger partial charge in [0.05, 0.1) is 6.04 Å². The van der Waals surface area contributed by atoms with Crippen LogP contribution in [-0.4, -0.2) is 7.05 Å². The van der Waals surface area contributed by atoms with Crippen LogP contribution in [0.15, 0.2) is 24.3 Å². The summed E-state index contributed by atoms with van der Waals surface area (Å²) in [4.78, 5) is 0. The molecule has 1 atom stereocenters. The third kappa shape index (κ3) is 2.76. The van der Waals surface area contributed by atoms with Crippen LogP contribution < -0.4 is 5.32 Å². The van der Waals surface area contributed by atoms with Crippen molar-refractivity contribution in [1.82, 2.24) is 5.32 Å². The van der Waals surface area contributed by atoms with Gasteiger partial charge in [0, 0.05) is 17.2 Å². The van der Waals surface area contributed by atoms with E-state index in [4.69, 9.17) is 0 Å². The average molecular weight is 301 g/mol. The Kier molecular flexibility index (Phi) is 4.27. The lowest BCUT2D eigenvalue weighted by atomic mass is 9.96. The average Bonchev–Trinajstić information content (AvgIpc) is 2.44. The quantitative estimate of drug-likeness (QED) is 0.667. The molecule has 2 aromatic rings. The zero-order chi connectivity index (χ0) is 15.7. The zero-order valence-corrected chi connectivity index (χ0v) is 11.3. The summed E-state index contributed by atoms with van der Waals surface area (Å²) in [5, 5.41) is 2.62. The standard InChI is InChI=1S/C15H12F5N/c1-7-5-9(12(18)6-11(7)17)15(21-2)8-3-4-10(16)14(20)13(8)19/h3-6,15,21H,1-2H3. The van der Waals surface area contributed by atoms with Crippen molar-refractivity contribution in [2.45, 2.75) is 13.0 Å². The van der Waals surface area contributed by atoms with Crippen LogP contribution in [0.25, 0.3) is 0 Å². The molecule has 0 aliphatic heterocycles. The van der Waals surface area contributed by atoms with Crippen LogP contribution in [0.3, 0.4) is 0 Å². The van der Waals surface area contributed by atoms with Crippen LogP contribution in [0.5, 0.6) is 0 Å². The van der Waals surface area contributed by atoms with Crippen molar-refractivity contribution in [2.24, 2.45) is 0 Å². The van der Waals surface area contributed by atoms with Crippen molar-refractivity contribution in [3.8, 4) is 0 Å². The Balaban J connectivity index is 2.60. The monoisotopic (exact) mass is 301 g/mol. The summed E-state index contributed by atoms with van der Waals surface area (Å²) >= 11 is 0. The van der Waals surface area contributed by atoms with Crippen LogP contribution in [0.4, 0.5) is 22.0 Å². The third-order valence-electron chi connectivity index (χ3n) is 3.25. The van der Waals surface area contributed by atoms with E-state index in [0.29, 0.717) is 6.07 Å². The van der Waals surface area contributed by atoms with E-state index in [-0.39, 0.29) is 16.7 Å². The van der Waals surface area contributed by atoms with Crippen LogP contribution in [0, 0.1) is 36.0 Å². The van der Waals surface area contributed by atoms with Gasteiger partial charge in [-0.2, -0.15) is 0 Å². The van der Waals surface area contributed by atoms with Crippen molar-refractivity contribution in [3.05, 3.63) is 70.0 Å². The van der Waals surface area contributed by atoms with Crippen LogP contribution in [0.2, 0.25) is 0 Å². The summed E-state index contributed by atoms with van der Waals surface area (Å²) in [6.45, 7) is 1.42. The third-order valence-corrected chi connectivity index (χ3v) is 3.25. The highest BCUT2D eigenvalue weighted by atomic mass is 19.2. The lowest BCUT2D eigenvalue weighted by Crippen LogP contribution is -2.21. The second-order valence-electron chi connectivity index (χ2n) is 4.61. The SMILES string of the molecule is CNC(c1cc(C)c(F)cc1F)c1ccc(F)c(F)c1F. The van der Waals surface area contributed by atoms with Gasteiger partial charge in [0.2, 0.25) is 0 Å². The minimum Gasteiger partial charge on any atom is -0.309 e. The second kappa shape index (κ2) is 5.81. The van der Waals surface area contributed by atoms with Crippen LogP contribution >= 0.6 is 0 Å². The molecule has 1 nitrogen and oxygen atoms in total. The maximum absolute atomic E-state index is 13.9. The summed E-state index contributed by atoms with van der Waals surface area (Å²) in [7, 11) is 1.41. The molecule has 0 heterocycles. The largest absolute Gasteiger partial charge is 0.309 e. The van der Waals surface area contributed by atoms with Gasteiger partial charge in [0.15, 0.2) is 17.5 Å². The number of nitrogens with one attached hydrogen (secondary N) is 1. The van der Waals surface area contributed by atoms with Gasteiger partial charge < -0.3 is 5.32 Å². The number of halogens is 5. The number of rotatable bonds is 3. The van der Waals surface area contributed by atoms with Crippen LogP contribution in [0.1, 0.15) is 22.7 Å². The molecule has 112 valence electrons. The molecule has 2 rings (SSSR count). The molecule has 0 amide bonds. The Labute approximate surface area is 118 Å². The summed E-state index contributed by atoms with van der Waals surface area (Å²) in [5.41, 5.74) is -0.155. The first-order valence-corrected chi connectivity index (χ1v) is 6.13. The molecule has 1 unspecified atom stereocenters. The van der Waals surface area contributed by atoms with E-state index in [2.05, 4.69) is 5.32 Å². The number of benzene rings is 2. The Hall–Kier alpha value is -1.95. The topological polar surface area (TPSA) is 12.0 Å². The van der Waals surface area contributed by atoms with E-state index in [1.54, 1.807) is 0 Å². The summed E-state index contributed by atoms with van der Waals surface area (Å²) < 4.78 is 67.3. The van der Waals surface area contributed by atoms with E-state index in [9.17, 15) is 22.0 Å². The lowest BCUT2D eigenvalue weighted by Gasteiger charge is -2.19. The molecule has 2 aromatic carbocycles. The first-order chi connectivity index (χ1) is 9.86. The number of hydrogen-bond acceptors (Lipinski definition) is 1. The second-order valence-corrected chi connectivity index (χ2v) is 4.61. The van der Waals surface area contributed by atoms with Gasteiger partial charge in [-0.1, -0.05) is 6.07 Å². The van der Waals surface area contributed by atoms with Crippen molar-refractivity contribution in [1.29, 1.82) is 0 Å². The summed E-state index contributed by atoms with van der Waals surface area (Å²) in [6.07, 6.45) is 0. The number of aryl methyl sites for hydroxylation is 1. The molecule has 0 aliphatic carbocycles. The molecule has 0 saturated carbocycles. The highest BCUT2D eigenvalue weighted by molar-refractivity contribution is 5.36. The van der Waals surface area contributed by atoms with E-state index in [0.717, 1.165) is 12.1 Å². The highest BCUT2D eigenvalue weighted by Gasteiger charge is 2.24. The fourth-order valence-electron chi connectivity index (χ4n) is 2.14. The van der Waals surface area contributed by atoms with Crippen molar-refractivity contribution in [3.63, 3.8) is 0 Å². The van der Waals surface area contributed by atoms with E-state index >= 15 is 0 Å². The van der Waals surface area contributed by atoms with E-state index in [1.165, 1.54) is 20.0 Å². The lowest BCUT2D eigenvalue weighted by molar-refractivity contribution is 0.433. The van der Waals surface area contributed by atoms with Gasteiger partial charge in [0.25, 0.3) is 0 Å². The Morgan fingerprint density at radius 2 is 1.48 bits per heavy atom. The fourth-order valence-corrected chi connectivity index (χ4v) is 2.14. The molecular weight excluding hydrogens is 289 g/mol. The molecule has 0 aliphatic rings.